The van der Waals surface area contributed by atoms with Crippen molar-refractivity contribution in [3.8, 4) is 17.2 Å². The molecule has 0 amide bonds. The first kappa shape index (κ1) is 21.7. The molecule has 33 heavy (non-hydrogen) atoms. The summed E-state index contributed by atoms with van der Waals surface area (Å²) in [5, 5.41) is 19.8. The van der Waals surface area contributed by atoms with Crippen LogP contribution in [0, 0.1) is 0 Å². The van der Waals surface area contributed by atoms with Gasteiger partial charge in [-0.1, -0.05) is 18.6 Å². The second kappa shape index (κ2) is 9.75. The zero-order chi connectivity index (χ0) is 22.6. The van der Waals surface area contributed by atoms with E-state index in [1.165, 1.54) is 32.4 Å². The van der Waals surface area contributed by atoms with Gasteiger partial charge in [-0.15, -0.1) is 0 Å². The zero-order valence-corrected chi connectivity index (χ0v) is 19.0. The molecular weight excluding hydrogens is 412 g/mol. The molecule has 0 saturated carbocycles. The number of aryl methyl sites for hydroxylation is 1. The normalized spacial score (nSPS) is 18.7. The number of nitrogens with zero attached hydrogens (tertiary/aromatic N) is 2. The Morgan fingerprint density at radius 1 is 0.818 bits per heavy atom. The molecule has 0 bridgehead atoms. The van der Waals surface area contributed by atoms with Gasteiger partial charge in [-0.25, -0.2) is 0 Å². The Bertz CT molecular complexity index is 1060. The first-order valence-electron chi connectivity index (χ1n) is 12.0. The third kappa shape index (κ3) is 4.93. The van der Waals surface area contributed by atoms with Crippen molar-refractivity contribution in [1.82, 2.24) is 4.90 Å². The molecule has 0 radical (unpaired) electrons. The molecule has 5 rings (SSSR count). The van der Waals surface area contributed by atoms with Gasteiger partial charge >= 0.3 is 0 Å². The summed E-state index contributed by atoms with van der Waals surface area (Å²) in [4.78, 5) is 4.82. The number of aromatic hydroxyl groups is 2. The van der Waals surface area contributed by atoms with Crippen LogP contribution in [0.3, 0.4) is 0 Å². The summed E-state index contributed by atoms with van der Waals surface area (Å²) in [5.74, 6) is 1.46. The maximum Gasteiger partial charge on any atom is 0.119 e. The second-order valence-corrected chi connectivity index (χ2v) is 9.07. The maximum absolute atomic E-state index is 10.0. The van der Waals surface area contributed by atoms with Gasteiger partial charge < -0.3 is 19.8 Å². The molecule has 1 atom stereocenters. The molecule has 172 valence electrons. The molecule has 2 heterocycles. The van der Waals surface area contributed by atoms with Gasteiger partial charge in [0.05, 0.1) is 6.04 Å². The molecule has 1 fully saturated rings. The van der Waals surface area contributed by atoms with Crippen LogP contribution in [-0.2, 0) is 6.42 Å². The first-order chi connectivity index (χ1) is 16.2. The lowest BCUT2D eigenvalue weighted by molar-refractivity contribution is 0.183. The number of hydrogen-bond donors (Lipinski definition) is 2. The van der Waals surface area contributed by atoms with Crippen molar-refractivity contribution in [1.29, 1.82) is 0 Å². The highest BCUT2D eigenvalue weighted by Crippen LogP contribution is 2.45. The van der Waals surface area contributed by atoms with E-state index in [0.717, 1.165) is 47.6 Å². The van der Waals surface area contributed by atoms with Crippen molar-refractivity contribution in [2.24, 2.45) is 0 Å². The van der Waals surface area contributed by atoms with Gasteiger partial charge in [0.15, 0.2) is 0 Å². The van der Waals surface area contributed by atoms with Gasteiger partial charge in [-0.2, -0.15) is 0 Å². The SMILES string of the molecule is Oc1ccc(C2CCc3cc(O)ccc3N2c2ccc(OCCN3CCCCC3)cc2)cc1. The van der Waals surface area contributed by atoms with Crippen molar-refractivity contribution in [3.05, 3.63) is 77.9 Å². The monoisotopic (exact) mass is 444 g/mol. The highest BCUT2D eigenvalue weighted by Gasteiger charge is 2.29. The van der Waals surface area contributed by atoms with Crippen LogP contribution in [0.5, 0.6) is 17.2 Å². The van der Waals surface area contributed by atoms with Crippen LogP contribution in [0.2, 0.25) is 0 Å². The van der Waals surface area contributed by atoms with Gasteiger partial charge in [0.25, 0.3) is 0 Å². The summed E-state index contributed by atoms with van der Waals surface area (Å²) in [5.41, 5.74) is 4.50. The molecule has 1 saturated heterocycles. The van der Waals surface area contributed by atoms with Crippen molar-refractivity contribution in [2.75, 3.05) is 31.1 Å². The Morgan fingerprint density at radius 3 is 2.30 bits per heavy atom. The van der Waals surface area contributed by atoms with Crippen LogP contribution in [0.25, 0.3) is 0 Å². The fraction of sp³-hybridized carbons (Fsp3) is 0.357. The Labute approximate surface area is 195 Å². The average Bonchev–Trinajstić information content (AvgIpc) is 2.85. The van der Waals surface area contributed by atoms with Crippen LogP contribution >= 0.6 is 0 Å². The Kier molecular flexibility index (Phi) is 6.40. The number of phenolic OH excluding ortho intramolecular Hbond substituents is 2. The molecule has 3 aromatic carbocycles. The summed E-state index contributed by atoms with van der Waals surface area (Å²) >= 11 is 0. The fourth-order valence-electron chi connectivity index (χ4n) is 5.11. The largest absolute Gasteiger partial charge is 0.508 e. The van der Waals surface area contributed by atoms with Crippen LogP contribution in [0.1, 0.15) is 42.9 Å². The lowest BCUT2D eigenvalue weighted by Gasteiger charge is -2.39. The number of fused-ring (bicyclic) bond motifs is 1. The van der Waals surface area contributed by atoms with Crippen molar-refractivity contribution in [2.45, 2.75) is 38.1 Å². The predicted molar refractivity (Wildman–Crippen MR) is 132 cm³/mol. The van der Waals surface area contributed by atoms with Gasteiger partial charge in [0, 0.05) is 17.9 Å². The van der Waals surface area contributed by atoms with E-state index >= 15 is 0 Å². The maximum atomic E-state index is 10.0. The molecule has 0 aliphatic carbocycles. The minimum Gasteiger partial charge on any atom is -0.508 e. The molecule has 0 aromatic heterocycles. The van der Waals surface area contributed by atoms with E-state index in [9.17, 15) is 10.2 Å². The lowest BCUT2D eigenvalue weighted by Crippen LogP contribution is -2.33. The molecule has 0 spiro atoms. The molecule has 2 N–H and O–H groups in total. The number of rotatable bonds is 6. The number of hydrogen-bond acceptors (Lipinski definition) is 5. The Morgan fingerprint density at radius 2 is 1.55 bits per heavy atom. The molecule has 3 aromatic rings. The van der Waals surface area contributed by atoms with Gasteiger partial charge in [-0.05, 0) is 104 Å². The molecule has 5 heteroatoms. The smallest absolute Gasteiger partial charge is 0.119 e. The van der Waals surface area contributed by atoms with Gasteiger partial charge in [-0.3, -0.25) is 4.90 Å². The fourth-order valence-corrected chi connectivity index (χ4v) is 5.11. The van der Waals surface area contributed by atoms with Crippen LogP contribution in [0.15, 0.2) is 66.7 Å². The van der Waals surface area contributed by atoms with Crippen molar-refractivity contribution in [3.63, 3.8) is 0 Å². The van der Waals surface area contributed by atoms with Crippen LogP contribution in [0.4, 0.5) is 11.4 Å². The van der Waals surface area contributed by atoms with Crippen molar-refractivity contribution < 1.29 is 14.9 Å². The average molecular weight is 445 g/mol. The van der Waals surface area contributed by atoms with E-state index in [1.54, 1.807) is 18.2 Å². The first-order valence-corrected chi connectivity index (χ1v) is 12.0. The molecular formula is C28H32N2O3. The van der Waals surface area contributed by atoms with E-state index in [4.69, 9.17) is 4.74 Å². The zero-order valence-electron chi connectivity index (χ0n) is 19.0. The Hall–Kier alpha value is -3.18. The molecule has 1 unspecified atom stereocenters. The molecule has 2 aliphatic rings. The number of phenols is 2. The highest BCUT2D eigenvalue weighted by atomic mass is 16.5. The van der Waals surface area contributed by atoms with Crippen LogP contribution in [-0.4, -0.2) is 41.4 Å². The van der Waals surface area contributed by atoms with E-state index < -0.39 is 0 Å². The van der Waals surface area contributed by atoms with Gasteiger partial charge in [0.2, 0.25) is 0 Å². The highest BCUT2D eigenvalue weighted by molar-refractivity contribution is 5.71. The third-order valence-electron chi connectivity index (χ3n) is 6.84. The minimum absolute atomic E-state index is 0.147. The number of ether oxygens (including phenoxy) is 1. The number of likely N-dealkylation sites (tertiary alicyclic amines) is 1. The Balaban J connectivity index is 1.36. The summed E-state index contributed by atoms with van der Waals surface area (Å²) in [6.07, 6.45) is 5.76. The summed E-state index contributed by atoms with van der Waals surface area (Å²) in [6.45, 7) is 4.06. The summed E-state index contributed by atoms with van der Waals surface area (Å²) < 4.78 is 6.04. The predicted octanol–water partition coefficient (Wildman–Crippen LogP) is 5.79. The summed E-state index contributed by atoms with van der Waals surface area (Å²) in [7, 11) is 0. The van der Waals surface area contributed by atoms with E-state index in [2.05, 4.69) is 21.9 Å². The van der Waals surface area contributed by atoms with Gasteiger partial charge in [0.1, 0.15) is 23.9 Å². The standard InChI is InChI=1S/C28H32N2O3/c31-24-9-4-21(5-10-24)27-14-6-22-20-25(32)11-15-28(22)30(27)23-7-12-26(13-8-23)33-19-18-29-16-2-1-3-17-29/h4-5,7-13,15,20,27,31-32H,1-3,6,14,16-19H2. The number of anilines is 2. The second-order valence-electron chi connectivity index (χ2n) is 9.07. The van der Waals surface area contributed by atoms with E-state index in [1.807, 2.05) is 36.4 Å². The van der Waals surface area contributed by atoms with E-state index in [-0.39, 0.29) is 11.8 Å². The number of benzene rings is 3. The summed E-state index contributed by atoms with van der Waals surface area (Å²) in [6, 6.07) is 21.6. The van der Waals surface area contributed by atoms with Crippen LogP contribution < -0.4 is 9.64 Å². The quantitative estimate of drug-likeness (QED) is 0.504. The number of piperidine rings is 1. The topological polar surface area (TPSA) is 56.2 Å². The van der Waals surface area contributed by atoms with E-state index in [0.29, 0.717) is 12.4 Å². The van der Waals surface area contributed by atoms with Crippen molar-refractivity contribution >= 4 is 11.4 Å². The third-order valence-corrected chi connectivity index (χ3v) is 6.84. The molecule has 2 aliphatic heterocycles. The minimum atomic E-state index is 0.147. The molecule has 5 nitrogen and oxygen atoms in total. The lowest BCUT2D eigenvalue weighted by atomic mass is 9.90.